The summed E-state index contributed by atoms with van der Waals surface area (Å²) in [6, 6.07) is 3.09. The minimum absolute atomic E-state index is 0.0813. The van der Waals surface area contributed by atoms with Gasteiger partial charge in [0.2, 0.25) is 10.0 Å². The van der Waals surface area contributed by atoms with Crippen LogP contribution in [0.2, 0.25) is 0 Å². The van der Waals surface area contributed by atoms with Gasteiger partial charge in [-0.3, -0.25) is 4.79 Å². The first-order valence-corrected chi connectivity index (χ1v) is 11.0. The molecule has 0 spiro atoms. The second kappa shape index (κ2) is 7.03. The molecule has 0 aromatic carbocycles. The number of thiophene rings is 2. The van der Waals surface area contributed by atoms with E-state index in [1.54, 1.807) is 6.07 Å². The van der Waals surface area contributed by atoms with Crippen molar-refractivity contribution in [2.45, 2.75) is 37.9 Å². The fourth-order valence-electron chi connectivity index (χ4n) is 2.62. The molecular weight excluding hydrogens is 392 g/mol. The van der Waals surface area contributed by atoms with E-state index < -0.39 is 10.0 Å². The maximum absolute atomic E-state index is 12.6. The van der Waals surface area contributed by atoms with E-state index in [0.29, 0.717) is 9.75 Å². The van der Waals surface area contributed by atoms with Crippen molar-refractivity contribution in [3.8, 4) is 0 Å². The molecule has 0 atom stereocenters. The number of carbonyl (C=O) groups is 1. The molecule has 138 valence electrons. The standard InChI is InChI=1S/C16H18N4O3S3/c1-4-11-19-9(3)13-8(2)14(25-16(13)20-11)15(21)18-7-10-5-6-12(24-10)26(17,22)23/h5-6H,4,7H2,1-3H3,(H,18,21)(H2,17,22,23). The van der Waals surface area contributed by atoms with E-state index in [4.69, 9.17) is 5.14 Å². The molecule has 0 aliphatic rings. The molecule has 0 radical (unpaired) electrons. The van der Waals surface area contributed by atoms with Gasteiger partial charge in [0.25, 0.3) is 5.91 Å². The van der Waals surface area contributed by atoms with Crippen LogP contribution in [0.15, 0.2) is 16.3 Å². The number of amides is 1. The van der Waals surface area contributed by atoms with Crippen molar-refractivity contribution in [1.29, 1.82) is 0 Å². The largest absolute Gasteiger partial charge is 0.346 e. The van der Waals surface area contributed by atoms with Gasteiger partial charge in [-0.2, -0.15) is 0 Å². The molecule has 0 bridgehead atoms. The molecule has 0 aliphatic heterocycles. The number of aromatic nitrogens is 2. The van der Waals surface area contributed by atoms with Crippen LogP contribution < -0.4 is 10.5 Å². The van der Waals surface area contributed by atoms with Gasteiger partial charge in [-0.15, -0.1) is 22.7 Å². The van der Waals surface area contributed by atoms with E-state index >= 15 is 0 Å². The number of nitrogens with one attached hydrogen (secondary N) is 1. The Bertz CT molecular complexity index is 1100. The number of primary sulfonamides is 1. The van der Waals surface area contributed by atoms with E-state index in [2.05, 4.69) is 15.3 Å². The van der Waals surface area contributed by atoms with Crippen molar-refractivity contribution in [1.82, 2.24) is 15.3 Å². The van der Waals surface area contributed by atoms with Crippen LogP contribution in [0.4, 0.5) is 0 Å². The molecule has 3 aromatic heterocycles. The topological polar surface area (TPSA) is 115 Å². The van der Waals surface area contributed by atoms with Crippen LogP contribution in [0.1, 0.15) is 38.6 Å². The molecule has 0 aliphatic carbocycles. The quantitative estimate of drug-likeness (QED) is 0.671. The summed E-state index contributed by atoms with van der Waals surface area (Å²) in [6.07, 6.45) is 0.736. The third-order valence-corrected chi connectivity index (χ3v) is 7.59. The smallest absolute Gasteiger partial charge is 0.262 e. The van der Waals surface area contributed by atoms with Gasteiger partial charge in [0.15, 0.2) is 0 Å². The van der Waals surface area contributed by atoms with Gasteiger partial charge < -0.3 is 5.32 Å². The third kappa shape index (κ3) is 3.63. The average Bonchev–Trinajstić information content (AvgIpc) is 3.17. The lowest BCUT2D eigenvalue weighted by Gasteiger charge is -2.03. The Morgan fingerprint density at radius 2 is 1.96 bits per heavy atom. The Labute approximate surface area is 159 Å². The van der Waals surface area contributed by atoms with Crippen molar-refractivity contribution in [3.63, 3.8) is 0 Å². The highest BCUT2D eigenvalue weighted by atomic mass is 32.2. The first-order valence-electron chi connectivity index (χ1n) is 7.87. The predicted octanol–water partition coefficient (Wildman–Crippen LogP) is 2.51. The Morgan fingerprint density at radius 3 is 2.58 bits per heavy atom. The normalized spacial score (nSPS) is 11.8. The van der Waals surface area contributed by atoms with Crippen LogP contribution in [0.25, 0.3) is 10.2 Å². The number of fused-ring (bicyclic) bond motifs is 1. The number of sulfonamides is 1. The van der Waals surface area contributed by atoms with Gasteiger partial charge in [0, 0.05) is 22.4 Å². The molecule has 0 saturated heterocycles. The number of nitrogens with zero attached hydrogens (tertiary/aromatic N) is 2. The van der Waals surface area contributed by atoms with Crippen LogP contribution >= 0.6 is 22.7 Å². The number of aryl methyl sites for hydroxylation is 3. The lowest BCUT2D eigenvalue weighted by atomic mass is 10.1. The summed E-state index contributed by atoms with van der Waals surface area (Å²) in [5.74, 6) is 0.547. The summed E-state index contributed by atoms with van der Waals surface area (Å²) in [5, 5.41) is 8.85. The van der Waals surface area contributed by atoms with Gasteiger partial charge in [-0.25, -0.2) is 23.5 Å². The van der Waals surface area contributed by atoms with Crippen LogP contribution in [-0.2, 0) is 23.0 Å². The van der Waals surface area contributed by atoms with Crippen LogP contribution in [0.5, 0.6) is 0 Å². The van der Waals surface area contributed by atoms with Gasteiger partial charge >= 0.3 is 0 Å². The number of nitrogens with two attached hydrogens (primary N) is 1. The van der Waals surface area contributed by atoms with E-state index in [1.165, 1.54) is 17.4 Å². The SMILES string of the molecule is CCc1nc(C)c2c(C)c(C(=O)NCc3ccc(S(N)(=O)=O)s3)sc2n1. The molecule has 3 rings (SSSR count). The van der Waals surface area contributed by atoms with Crippen molar-refractivity contribution in [2.75, 3.05) is 0 Å². The summed E-state index contributed by atoms with van der Waals surface area (Å²) in [5.41, 5.74) is 1.73. The van der Waals surface area contributed by atoms with Crippen molar-refractivity contribution < 1.29 is 13.2 Å². The van der Waals surface area contributed by atoms with Gasteiger partial charge in [0.05, 0.1) is 11.4 Å². The highest BCUT2D eigenvalue weighted by molar-refractivity contribution is 7.91. The summed E-state index contributed by atoms with van der Waals surface area (Å²) in [7, 11) is -3.72. The minimum atomic E-state index is -3.72. The molecule has 1 amide bonds. The molecule has 26 heavy (non-hydrogen) atoms. The summed E-state index contributed by atoms with van der Waals surface area (Å²) >= 11 is 2.39. The van der Waals surface area contributed by atoms with Gasteiger partial charge in [-0.05, 0) is 31.5 Å². The van der Waals surface area contributed by atoms with Gasteiger partial charge in [0.1, 0.15) is 14.9 Å². The number of carbonyl (C=O) groups excluding carboxylic acids is 1. The molecule has 10 heteroatoms. The van der Waals surface area contributed by atoms with Crippen LogP contribution in [-0.4, -0.2) is 24.3 Å². The summed E-state index contributed by atoms with van der Waals surface area (Å²) in [4.78, 5) is 23.7. The average molecular weight is 411 g/mol. The molecule has 3 N–H and O–H groups in total. The number of hydrogen-bond acceptors (Lipinski definition) is 7. The zero-order valence-corrected chi connectivity index (χ0v) is 16.9. The number of rotatable bonds is 5. The van der Waals surface area contributed by atoms with Crippen molar-refractivity contribution in [3.05, 3.63) is 39.0 Å². The minimum Gasteiger partial charge on any atom is -0.346 e. The molecule has 3 aromatic rings. The zero-order valence-electron chi connectivity index (χ0n) is 14.5. The van der Waals surface area contributed by atoms with Gasteiger partial charge in [-0.1, -0.05) is 6.92 Å². The molecule has 3 heterocycles. The lowest BCUT2D eigenvalue weighted by Crippen LogP contribution is -2.22. The Morgan fingerprint density at radius 1 is 1.23 bits per heavy atom. The van der Waals surface area contributed by atoms with E-state index in [1.807, 2.05) is 20.8 Å². The molecular formula is C16H18N4O3S3. The Balaban J connectivity index is 1.83. The fourth-order valence-corrected chi connectivity index (χ4v) is 5.51. The highest BCUT2D eigenvalue weighted by Gasteiger charge is 2.19. The molecule has 0 unspecified atom stereocenters. The first kappa shape index (κ1) is 18.9. The highest BCUT2D eigenvalue weighted by Crippen LogP contribution is 2.31. The van der Waals surface area contributed by atoms with Crippen LogP contribution in [0, 0.1) is 13.8 Å². The lowest BCUT2D eigenvalue weighted by molar-refractivity contribution is 0.0955. The zero-order chi connectivity index (χ0) is 19.1. The Hall–Kier alpha value is -1.88. The molecule has 0 saturated carbocycles. The van der Waals surface area contributed by atoms with Crippen LogP contribution in [0.3, 0.4) is 0 Å². The van der Waals surface area contributed by atoms with E-state index in [9.17, 15) is 13.2 Å². The fraction of sp³-hybridized carbons (Fsp3) is 0.312. The summed E-state index contributed by atoms with van der Waals surface area (Å²) in [6.45, 7) is 6.04. The monoisotopic (exact) mass is 410 g/mol. The van der Waals surface area contributed by atoms with Crippen molar-refractivity contribution in [2.24, 2.45) is 5.14 Å². The molecule has 0 fully saturated rings. The first-order chi connectivity index (χ1) is 12.2. The van der Waals surface area contributed by atoms with E-state index in [-0.39, 0.29) is 16.7 Å². The molecule has 7 nitrogen and oxygen atoms in total. The third-order valence-electron chi connectivity index (χ3n) is 3.88. The Kier molecular flexibility index (Phi) is 5.11. The van der Waals surface area contributed by atoms with Crippen molar-refractivity contribution >= 4 is 48.8 Å². The predicted molar refractivity (Wildman–Crippen MR) is 103 cm³/mol. The second-order valence-electron chi connectivity index (χ2n) is 5.76. The van der Waals surface area contributed by atoms with E-state index in [0.717, 1.165) is 45.1 Å². The maximum atomic E-state index is 12.6. The number of hydrogen-bond donors (Lipinski definition) is 2. The second-order valence-corrected chi connectivity index (χ2v) is 9.72. The summed E-state index contributed by atoms with van der Waals surface area (Å²) < 4.78 is 22.7. The maximum Gasteiger partial charge on any atom is 0.262 e.